The van der Waals surface area contributed by atoms with E-state index in [2.05, 4.69) is 55.3 Å². The Morgan fingerprint density at radius 3 is 2.33 bits per heavy atom. The molecule has 0 radical (unpaired) electrons. The Morgan fingerprint density at radius 1 is 1.17 bits per heavy atom. The largest absolute Gasteiger partial charge is 0.371 e. The van der Waals surface area contributed by atoms with Gasteiger partial charge in [0, 0.05) is 18.8 Å². The number of aryl methyl sites for hydroxylation is 1. The van der Waals surface area contributed by atoms with E-state index in [0.717, 1.165) is 6.54 Å². The third-order valence-corrected chi connectivity index (χ3v) is 4.16. The monoisotopic (exact) mass is 246 g/mol. The third-order valence-electron chi connectivity index (χ3n) is 4.16. The molecule has 1 aromatic carbocycles. The van der Waals surface area contributed by atoms with Crippen LogP contribution < -0.4 is 10.2 Å². The minimum absolute atomic E-state index is 0.464. The Kier molecular flexibility index (Phi) is 4.28. The summed E-state index contributed by atoms with van der Waals surface area (Å²) in [6.07, 6.45) is 2.57. The van der Waals surface area contributed by atoms with Crippen molar-refractivity contribution in [3.8, 4) is 0 Å². The maximum absolute atomic E-state index is 3.46. The van der Waals surface area contributed by atoms with Crippen molar-refractivity contribution in [2.24, 2.45) is 5.41 Å². The van der Waals surface area contributed by atoms with Gasteiger partial charge >= 0.3 is 0 Å². The first-order chi connectivity index (χ1) is 8.63. The predicted molar refractivity (Wildman–Crippen MR) is 79.3 cm³/mol. The Bertz CT molecular complexity index is 363. The quantitative estimate of drug-likeness (QED) is 0.877. The highest BCUT2D eigenvalue weighted by Crippen LogP contribution is 2.30. The van der Waals surface area contributed by atoms with Crippen molar-refractivity contribution >= 4 is 5.69 Å². The maximum atomic E-state index is 3.46. The Balaban J connectivity index is 2.06. The first-order valence-corrected chi connectivity index (χ1v) is 7.15. The highest BCUT2D eigenvalue weighted by molar-refractivity contribution is 5.47. The van der Waals surface area contributed by atoms with Crippen LogP contribution in [0.5, 0.6) is 0 Å². The number of hydrogen-bond donors (Lipinski definition) is 1. The first kappa shape index (κ1) is 13.4. The molecule has 1 fully saturated rings. The molecule has 2 heteroatoms. The fraction of sp³-hybridized carbons (Fsp3) is 0.625. The fourth-order valence-corrected chi connectivity index (χ4v) is 2.79. The molecule has 100 valence electrons. The minimum Gasteiger partial charge on any atom is -0.371 e. The lowest BCUT2D eigenvalue weighted by Crippen LogP contribution is -2.43. The molecule has 0 amide bonds. The standard InChI is InChI=1S/C16H26N2/c1-4-18(15-7-5-14(2)6-8-15)13-16(3)9-11-17-12-10-16/h5-8,17H,4,9-13H2,1-3H3. The van der Waals surface area contributed by atoms with Crippen LogP contribution in [-0.4, -0.2) is 26.2 Å². The van der Waals surface area contributed by atoms with Crippen LogP contribution in [0.4, 0.5) is 5.69 Å². The van der Waals surface area contributed by atoms with E-state index in [9.17, 15) is 0 Å². The zero-order valence-electron chi connectivity index (χ0n) is 12.0. The van der Waals surface area contributed by atoms with Gasteiger partial charge in [-0.05, 0) is 57.3 Å². The van der Waals surface area contributed by atoms with Crippen LogP contribution in [0, 0.1) is 12.3 Å². The maximum Gasteiger partial charge on any atom is 0.0366 e. The van der Waals surface area contributed by atoms with Gasteiger partial charge in [-0.1, -0.05) is 24.6 Å². The first-order valence-electron chi connectivity index (χ1n) is 7.15. The van der Waals surface area contributed by atoms with Gasteiger partial charge in [0.25, 0.3) is 0 Å². The molecule has 1 aliphatic rings. The van der Waals surface area contributed by atoms with Gasteiger partial charge in [-0.25, -0.2) is 0 Å². The van der Waals surface area contributed by atoms with Crippen molar-refractivity contribution in [2.75, 3.05) is 31.1 Å². The van der Waals surface area contributed by atoms with Crippen molar-refractivity contribution in [1.82, 2.24) is 5.32 Å². The van der Waals surface area contributed by atoms with E-state index in [-0.39, 0.29) is 0 Å². The van der Waals surface area contributed by atoms with E-state index in [0.29, 0.717) is 5.41 Å². The zero-order valence-corrected chi connectivity index (χ0v) is 12.0. The summed E-state index contributed by atoms with van der Waals surface area (Å²) in [6, 6.07) is 8.93. The highest BCUT2D eigenvalue weighted by atomic mass is 15.1. The van der Waals surface area contributed by atoms with E-state index in [1.54, 1.807) is 0 Å². The summed E-state index contributed by atoms with van der Waals surface area (Å²) >= 11 is 0. The number of benzene rings is 1. The summed E-state index contributed by atoms with van der Waals surface area (Å²) in [7, 11) is 0. The summed E-state index contributed by atoms with van der Waals surface area (Å²) < 4.78 is 0. The van der Waals surface area contributed by atoms with Crippen LogP contribution in [0.15, 0.2) is 24.3 Å². The molecular weight excluding hydrogens is 220 g/mol. The summed E-state index contributed by atoms with van der Waals surface area (Å²) in [5.74, 6) is 0. The second-order valence-corrected chi connectivity index (χ2v) is 5.91. The van der Waals surface area contributed by atoms with Crippen LogP contribution in [0.25, 0.3) is 0 Å². The van der Waals surface area contributed by atoms with E-state index >= 15 is 0 Å². The molecule has 0 saturated carbocycles. The second kappa shape index (κ2) is 5.75. The molecule has 0 unspecified atom stereocenters. The van der Waals surface area contributed by atoms with Crippen LogP contribution in [0.1, 0.15) is 32.3 Å². The Hall–Kier alpha value is -1.02. The van der Waals surface area contributed by atoms with E-state index in [4.69, 9.17) is 0 Å². The fourth-order valence-electron chi connectivity index (χ4n) is 2.79. The average molecular weight is 246 g/mol. The number of piperidine rings is 1. The van der Waals surface area contributed by atoms with E-state index in [1.165, 1.54) is 43.7 Å². The molecule has 1 aromatic rings. The zero-order chi connectivity index (χ0) is 13.0. The van der Waals surface area contributed by atoms with Gasteiger partial charge in [0.05, 0.1) is 0 Å². The number of hydrogen-bond acceptors (Lipinski definition) is 2. The molecule has 0 aliphatic carbocycles. The topological polar surface area (TPSA) is 15.3 Å². The van der Waals surface area contributed by atoms with Gasteiger partial charge in [-0.3, -0.25) is 0 Å². The average Bonchev–Trinajstić information content (AvgIpc) is 2.38. The molecular formula is C16H26N2. The van der Waals surface area contributed by atoms with E-state index in [1.807, 2.05) is 0 Å². The summed E-state index contributed by atoms with van der Waals surface area (Å²) in [5.41, 5.74) is 3.16. The van der Waals surface area contributed by atoms with Crippen LogP contribution in [0.3, 0.4) is 0 Å². The Labute approximate surface area is 111 Å². The minimum atomic E-state index is 0.464. The van der Waals surface area contributed by atoms with Crippen molar-refractivity contribution in [2.45, 2.75) is 33.6 Å². The van der Waals surface area contributed by atoms with Gasteiger partial charge in [0.1, 0.15) is 0 Å². The summed E-state index contributed by atoms with van der Waals surface area (Å²) in [5, 5.41) is 3.46. The molecule has 0 bridgehead atoms. The summed E-state index contributed by atoms with van der Waals surface area (Å²) in [4.78, 5) is 2.52. The second-order valence-electron chi connectivity index (χ2n) is 5.91. The normalized spacial score (nSPS) is 18.6. The van der Waals surface area contributed by atoms with Gasteiger partial charge in [0.15, 0.2) is 0 Å². The lowest BCUT2D eigenvalue weighted by Gasteiger charge is -2.39. The van der Waals surface area contributed by atoms with Gasteiger partial charge in [0.2, 0.25) is 0 Å². The molecule has 18 heavy (non-hydrogen) atoms. The molecule has 1 N–H and O–H groups in total. The van der Waals surface area contributed by atoms with Crippen molar-refractivity contribution in [3.63, 3.8) is 0 Å². The number of nitrogens with one attached hydrogen (secondary N) is 1. The molecule has 0 aromatic heterocycles. The SMILES string of the molecule is CCN(CC1(C)CCNCC1)c1ccc(C)cc1. The van der Waals surface area contributed by atoms with Crippen molar-refractivity contribution < 1.29 is 0 Å². The Morgan fingerprint density at radius 2 is 1.78 bits per heavy atom. The molecule has 0 atom stereocenters. The van der Waals surface area contributed by atoms with Crippen LogP contribution in [0.2, 0.25) is 0 Å². The molecule has 2 rings (SSSR count). The van der Waals surface area contributed by atoms with Gasteiger partial charge in [-0.15, -0.1) is 0 Å². The lowest BCUT2D eigenvalue weighted by molar-refractivity contribution is 0.234. The number of rotatable bonds is 4. The molecule has 1 saturated heterocycles. The highest BCUT2D eigenvalue weighted by Gasteiger charge is 2.28. The van der Waals surface area contributed by atoms with Crippen molar-refractivity contribution in [1.29, 1.82) is 0 Å². The molecule has 1 heterocycles. The lowest BCUT2D eigenvalue weighted by atomic mass is 9.80. The van der Waals surface area contributed by atoms with Crippen molar-refractivity contribution in [3.05, 3.63) is 29.8 Å². The van der Waals surface area contributed by atoms with Crippen LogP contribution >= 0.6 is 0 Å². The molecule has 1 aliphatic heterocycles. The molecule has 0 spiro atoms. The number of nitrogens with zero attached hydrogens (tertiary/aromatic N) is 1. The number of anilines is 1. The summed E-state index contributed by atoms with van der Waals surface area (Å²) in [6.45, 7) is 11.4. The van der Waals surface area contributed by atoms with Gasteiger partial charge in [-0.2, -0.15) is 0 Å². The predicted octanol–water partition coefficient (Wildman–Crippen LogP) is 3.21. The van der Waals surface area contributed by atoms with E-state index < -0.39 is 0 Å². The smallest absolute Gasteiger partial charge is 0.0366 e. The van der Waals surface area contributed by atoms with Crippen LogP contribution in [-0.2, 0) is 0 Å². The third kappa shape index (κ3) is 3.26. The molecule has 2 nitrogen and oxygen atoms in total. The van der Waals surface area contributed by atoms with Gasteiger partial charge < -0.3 is 10.2 Å².